The molecule has 0 unspecified atom stereocenters. The first-order valence-electron chi connectivity index (χ1n) is 8.09. The predicted octanol–water partition coefficient (Wildman–Crippen LogP) is 3.44. The maximum atomic E-state index is 12.8. The number of amides is 1. The molecule has 0 bridgehead atoms. The summed E-state index contributed by atoms with van der Waals surface area (Å²) in [5, 5.41) is 8.29. The van der Waals surface area contributed by atoms with Crippen LogP contribution in [0, 0.1) is 0 Å². The molecule has 0 spiro atoms. The van der Waals surface area contributed by atoms with Gasteiger partial charge in [0.25, 0.3) is 5.91 Å². The number of aromatic nitrogens is 1. The Balaban J connectivity index is 1.77. The van der Waals surface area contributed by atoms with Crippen LogP contribution in [0.5, 0.6) is 0 Å². The third-order valence-corrected chi connectivity index (χ3v) is 4.15. The van der Waals surface area contributed by atoms with Gasteiger partial charge in [0.05, 0.1) is 28.2 Å². The maximum absolute atomic E-state index is 12.8. The normalized spacial score (nSPS) is 15.6. The van der Waals surface area contributed by atoms with E-state index in [4.69, 9.17) is 4.52 Å². The zero-order valence-corrected chi connectivity index (χ0v) is 14.0. The molecular formula is C20H15N3O3. The van der Waals surface area contributed by atoms with E-state index in [2.05, 4.69) is 10.3 Å². The second kappa shape index (κ2) is 6.33. The molecule has 4 rings (SSSR count). The Morgan fingerprint density at radius 2 is 1.65 bits per heavy atom. The third-order valence-electron chi connectivity index (χ3n) is 4.15. The van der Waals surface area contributed by atoms with Gasteiger partial charge in [-0.3, -0.25) is 4.79 Å². The number of benzene rings is 2. The summed E-state index contributed by atoms with van der Waals surface area (Å²) in [6, 6.07) is 18.5. The minimum absolute atomic E-state index is 0.284. The largest absolute Gasteiger partial charge is 0.365 e. The Morgan fingerprint density at radius 3 is 2.35 bits per heavy atom. The fourth-order valence-electron chi connectivity index (χ4n) is 2.83. The van der Waals surface area contributed by atoms with Crippen LogP contribution < -0.4 is 10.6 Å². The molecule has 0 aliphatic carbocycles. The van der Waals surface area contributed by atoms with Gasteiger partial charge in [0, 0.05) is 5.56 Å². The molecule has 0 atom stereocenters. The molecule has 128 valence electrons. The molecule has 3 aromatic rings. The SMILES string of the molecule is CC1=NN(c2ccccc2)C(=O)/C1=C/c1c(-c2ccccc2)[nH]oc1=O. The molecule has 2 aromatic carbocycles. The summed E-state index contributed by atoms with van der Waals surface area (Å²) in [6.07, 6.45) is 1.54. The number of anilines is 1. The second-order valence-electron chi connectivity index (χ2n) is 5.84. The van der Waals surface area contributed by atoms with Crippen molar-refractivity contribution in [1.29, 1.82) is 0 Å². The summed E-state index contributed by atoms with van der Waals surface area (Å²) in [5.74, 6) is -0.284. The lowest BCUT2D eigenvalue weighted by atomic mass is 10.0. The van der Waals surface area contributed by atoms with E-state index >= 15 is 0 Å². The molecule has 0 saturated carbocycles. The second-order valence-corrected chi connectivity index (χ2v) is 5.84. The lowest BCUT2D eigenvalue weighted by Gasteiger charge is -2.10. The average molecular weight is 345 g/mol. The standard InChI is InChI=1S/C20H15N3O3/c1-13-16(19(24)23(21-13)15-10-6-3-7-11-15)12-17-18(22-26-20(17)25)14-8-4-2-5-9-14/h2-12,22H,1H3/b16-12+. The van der Waals surface area contributed by atoms with Crippen LogP contribution in [0.4, 0.5) is 5.69 Å². The molecule has 1 amide bonds. The highest BCUT2D eigenvalue weighted by molar-refractivity contribution is 6.32. The summed E-state index contributed by atoms with van der Waals surface area (Å²) < 4.78 is 4.95. The number of aromatic amines is 1. The van der Waals surface area contributed by atoms with Crippen molar-refractivity contribution in [1.82, 2.24) is 5.16 Å². The minimum Gasteiger partial charge on any atom is -0.338 e. The van der Waals surface area contributed by atoms with Crippen LogP contribution in [0.3, 0.4) is 0 Å². The van der Waals surface area contributed by atoms with Crippen LogP contribution in [-0.2, 0) is 4.79 Å². The number of nitrogens with one attached hydrogen (secondary N) is 1. The fourth-order valence-corrected chi connectivity index (χ4v) is 2.83. The van der Waals surface area contributed by atoms with Crippen molar-refractivity contribution in [2.24, 2.45) is 5.10 Å². The highest BCUT2D eigenvalue weighted by atomic mass is 16.5. The molecule has 1 N–H and O–H groups in total. The molecule has 0 saturated heterocycles. The first-order valence-corrected chi connectivity index (χ1v) is 8.09. The fraction of sp³-hybridized carbons (Fsp3) is 0.0500. The van der Waals surface area contributed by atoms with Gasteiger partial charge in [0.2, 0.25) is 0 Å². The van der Waals surface area contributed by atoms with Gasteiger partial charge in [0.1, 0.15) is 0 Å². The quantitative estimate of drug-likeness (QED) is 0.739. The number of carbonyl (C=O) groups is 1. The van der Waals surface area contributed by atoms with E-state index in [0.717, 1.165) is 5.56 Å². The van der Waals surface area contributed by atoms with Crippen LogP contribution in [0.1, 0.15) is 12.5 Å². The Hall–Kier alpha value is -3.67. The van der Waals surface area contributed by atoms with Gasteiger partial charge in [-0.05, 0) is 25.1 Å². The van der Waals surface area contributed by atoms with E-state index in [1.54, 1.807) is 19.1 Å². The van der Waals surface area contributed by atoms with Crippen LogP contribution in [-0.4, -0.2) is 16.8 Å². The predicted molar refractivity (Wildman–Crippen MR) is 99.8 cm³/mol. The topological polar surface area (TPSA) is 78.7 Å². The monoisotopic (exact) mass is 345 g/mol. The lowest BCUT2D eigenvalue weighted by molar-refractivity contribution is -0.114. The molecule has 26 heavy (non-hydrogen) atoms. The van der Waals surface area contributed by atoms with Crippen molar-refractivity contribution >= 4 is 23.4 Å². The van der Waals surface area contributed by atoms with E-state index in [9.17, 15) is 9.59 Å². The van der Waals surface area contributed by atoms with E-state index in [-0.39, 0.29) is 5.91 Å². The van der Waals surface area contributed by atoms with Crippen LogP contribution in [0.15, 0.2) is 80.7 Å². The summed E-state index contributed by atoms with van der Waals surface area (Å²) >= 11 is 0. The van der Waals surface area contributed by atoms with Gasteiger partial charge in [-0.25, -0.2) is 9.95 Å². The summed E-state index contributed by atoms with van der Waals surface area (Å²) in [7, 11) is 0. The Morgan fingerprint density at radius 1 is 1.00 bits per heavy atom. The van der Waals surface area contributed by atoms with Crippen molar-refractivity contribution in [3.05, 3.63) is 82.2 Å². The number of para-hydroxylation sites is 1. The Labute approximate surface area is 149 Å². The molecule has 1 aliphatic rings. The maximum Gasteiger partial charge on any atom is 0.365 e. The smallest absolute Gasteiger partial charge is 0.338 e. The summed E-state index contributed by atoms with van der Waals surface area (Å²) in [5.41, 5.74) is 2.66. The van der Waals surface area contributed by atoms with Gasteiger partial charge < -0.3 is 4.52 Å². The van der Waals surface area contributed by atoms with Crippen LogP contribution >= 0.6 is 0 Å². The van der Waals surface area contributed by atoms with Crippen molar-refractivity contribution in [3.63, 3.8) is 0 Å². The number of hydrogen-bond acceptors (Lipinski definition) is 4. The van der Waals surface area contributed by atoms with Gasteiger partial charge in [0.15, 0.2) is 0 Å². The average Bonchev–Trinajstić information content (AvgIpc) is 3.18. The van der Waals surface area contributed by atoms with Crippen molar-refractivity contribution in [2.45, 2.75) is 6.92 Å². The number of hydrogen-bond donors (Lipinski definition) is 1. The molecule has 0 radical (unpaired) electrons. The zero-order chi connectivity index (χ0) is 18.1. The van der Waals surface area contributed by atoms with Crippen molar-refractivity contribution < 1.29 is 9.32 Å². The van der Waals surface area contributed by atoms with E-state index < -0.39 is 5.63 Å². The third kappa shape index (κ3) is 2.67. The highest BCUT2D eigenvalue weighted by Gasteiger charge is 2.29. The number of H-pyrrole nitrogens is 1. The molecule has 1 aromatic heterocycles. The van der Waals surface area contributed by atoms with E-state index in [0.29, 0.717) is 28.2 Å². The van der Waals surface area contributed by atoms with Gasteiger partial charge >= 0.3 is 5.63 Å². The number of rotatable bonds is 3. The Kier molecular flexibility index (Phi) is 3.85. The molecule has 6 nitrogen and oxygen atoms in total. The Bertz CT molecular complexity index is 1080. The van der Waals surface area contributed by atoms with E-state index in [1.165, 1.54) is 11.1 Å². The van der Waals surface area contributed by atoms with Gasteiger partial charge in [-0.15, -0.1) is 0 Å². The summed E-state index contributed by atoms with van der Waals surface area (Å²) in [6.45, 7) is 1.74. The van der Waals surface area contributed by atoms with Gasteiger partial charge in [-0.1, -0.05) is 48.5 Å². The first-order chi connectivity index (χ1) is 12.6. The number of carbonyl (C=O) groups excluding carboxylic acids is 1. The van der Waals surface area contributed by atoms with Crippen LogP contribution in [0.2, 0.25) is 0 Å². The summed E-state index contributed by atoms with van der Waals surface area (Å²) in [4.78, 5) is 25.0. The first kappa shape index (κ1) is 15.8. The lowest BCUT2D eigenvalue weighted by Crippen LogP contribution is -2.21. The number of nitrogens with zero attached hydrogens (tertiary/aromatic N) is 2. The van der Waals surface area contributed by atoms with Crippen molar-refractivity contribution in [3.8, 4) is 11.3 Å². The molecule has 0 fully saturated rings. The molecule has 2 heterocycles. The molecule has 6 heteroatoms. The zero-order valence-electron chi connectivity index (χ0n) is 14.0. The molecular weight excluding hydrogens is 330 g/mol. The molecule has 1 aliphatic heterocycles. The minimum atomic E-state index is -0.532. The van der Waals surface area contributed by atoms with E-state index in [1.807, 2.05) is 48.5 Å². The van der Waals surface area contributed by atoms with Crippen molar-refractivity contribution in [2.75, 3.05) is 5.01 Å². The van der Waals surface area contributed by atoms with Crippen LogP contribution in [0.25, 0.3) is 17.3 Å². The van der Waals surface area contributed by atoms with Gasteiger partial charge in [-0.2, -0.15) is 10.1 Å². The highest BCUT2D eigenvalue weighted by Crippen LogP contribution is 2.26. The number of hydrazone groups is 1.